The summed E-state index contributed by atoms with van der Waals surface area (Å²) >= 11 is 6.20. The molecule has 0 aromatic carbocycles. The van der Waals surface area contributed by atoms with Gasteiger partial charge in [0.1, 0.15) is 16.6 Å². The second-order valence-corrected chi connectivity index (χ2v) is 9.91. The van der Waals surface area contributed by atoms with Gasteiger partial charge in [0.25, 0.3) is 0 Å². The number of carbonyl (C=O) groups excluding carboxylic acids is 1. The van der Waals surface area contributed by atoms with Crippen LogP contribution in [0, 0.1) is 0 Å². The summed E-state index contributed by atoms with van der Waals surface area (Å²) in [4.78, 5) is 25.9. The molecule has 0 aliphatic carbocycles. The van der Waals surface area contributed by atoms with E-state index in [2.05, 4.69) is 23.7 Å². The summed E-state index contributed by atoms with van der Waals surface area (Å²) in [5.74, 6) is 1.28. The highest BCUT2D eigenvalue weighted by Gasteiger charge is 2.51. The summed E-state index contributed by atoms with van der Waals surface area (Å²) < 4.78 is 5.58. The number of likely N-dealkylation sites (tertiary alicyclic amines) is 1. The highest BCUT2D eigenvalue weighted by Crippen LogP contribution is 2.44. The van der Waals surface area contributed by atoms with Crippen LogP contribution in [0.4, 0.5) is 10.6 Å². The van der Waals surface area contributed by atoms with E-state index in [1.807, 2.05) is 44.1 Å². The summed E-state index contributed by atoms with van der Waals surface area (Å²) in [5.41, 5.74) is 0.613. The Morgan fingerprint density at radius 1 is 1.17 bits per heavy atom. The minimum absolute atomic E-state index is 0.0736. The van der Waals surface area contributed by atoms with E-state index in [1.54, 1.807) is 0 Å². The number of pyridine rings is 2. The predicted molar refractivity (Wildman–Crippen MR) is 116 cm³/mol. The van der Waals surface area contributed by atoms with Gasteiger partial charge in [-0.25, -0.2) is 14.8 Å². The molecule has 2 aliphatic heterocycles. The van der Waals surface area contributed by atoms with Crippen LogP contribution in [0.3, 0.4) is 0 Å². The summed E-state index contributed by atoms with van der Waals surface area (Å²) in [5, 5.41) is 2.62. The third-order valence-electron chi connectivity index (χ3n) is 5.98. The normalized spacial score (nSPS) is 21.9. The van der Waals surface area contributed by atoms with Gasteiger partial charge in [-0.05, 0) is 56.5 Å². The third kappa shape index (κ3) is 3.63. The molecule has 2 fully saturated rings. The zero-order valence-corrected chi connectivity index (χ0v) is 18.6. The van der Waals surface area contributed by atoms with Crippen LogP contribution < -0.4 is 4.90 Å². The predicted octanol–water partition coefficient (Wildman–Crippen LogP) is 5.00. The first-order chi connectivity index (χ1) is 13.6. The number of aromatic nitrogens is 2. The first-order valence-corrected chi connectivity index (χ1v) is 10.7. The van der Waals surface area contributed by atoms with Crippen molar-refractivity contribution in [3.8, 4) is 0 Å². The SMILES string of the molecule is CC(C)c1cnc(N2CCC23CCN(C(=O)OC(C)(C)C)C3)c2cnc(Cl)cc12. The van der Waals surface area contributed by atoms with Gasteiger partial charge in [0.2, 0.25) is 0 Å². The monoisotopic (exact) mass is 416 g/mol. The molecule has 7 heteroatoms. The Morgan fingerprint density at radius 3 is 2.52 bits per heavy atom. The maximum Gasteiger partial charge on any atom is 0.410 e. The fourth-order valence-electron chi connectivity index (χ4n) is 4.43. The molecule has 4 heterocycles. The highest BCUT2D eigenvalue weighted by atomic mass is 35.5. The Kier molecular flexibility index (Phi) is 4.88. The second kappa shape index (κ2) is 7.01. The minimum Gasteiger partial charge on any atom is -0.444 e. The Bertz CT molecular complexity index is 956. The molecule has 6 nitrogen and oxygen atoms in total. The summed E-state index contributed by atoms with van der Waals surface area (Å²) in [6.45, 7) is 12.3. The molecular formula is C22H29ClN4O2. The molecule has 0 radical (unpaired) electrons. The number of nitrogens with zero attached hydrogens (tertiary/aromatic N) is 4. The van der Waals surface area contributed by atoms with Crippen molar-refractivity contribution >= 4 is 34.3 Å². The molecule has 1 spiro atoms. The molecular weight excluding hydrogens is 388 g/mol. The summed E-state index contributed by atoms with van der Waals surface area (Å²) in [7, 11) is 0. The topological polar surface area (TPSA) is 58.6 Å². The van der Waals surface area contributed by atoms with Crippen LogP contribution in [-0.4, -0.2) is 51.7 Å². The number of anilines is 1. The minimum atomic E-state index is -0.485. The van der Waals surface area contributed by atoms with Crippen LogP contribution >= 0.6 is 11.6 Å². The zero-order valence-electron chi connectivity index (χ0n) is 17.8. The van der Waals surface area contributed by atoms with E-state index in [1.165, 1.54) is 5.56 Å². The molecule has 1 atom stereocenters. The van der Waals surface area contributed by atoms with E-state index in [0.29, 0.717) is 24.2 Å². The summed E-state index contributed by atoms with van der Waals surface area (Å²) in [6, 6.07) is 1.94. The van der Waals surface area contributed by atoms with Gasteiger partial charge in [-0.3, -0.25) is 0 Å². The molecule has 1 unspecified atom stereocenters. The van der Waals surface area contributed by atoms with Gasteiger partial charge in [-0.2, -0.15) is 0 Å². The molecule has 2 aliphatic rings. The van der Waals surface area contributed by atoms with Crippen LogP contribution in [0.25, 0.3) is 10.8 Å². The number of ether oxygens (including phenoxy) is 1. The average Bonchev–Trinajstić information content (AvgIpc) is 3.07. The molecule has 4 rings (SSSR count). The van der Waals surface area contributed by atoms with Crippen LogP contribution in [0.2, 0.25) is 5.15 Å². The van der Waals surface area contributed by atoms with Crippen molar-refractivity contribution in [2.75, 3.05) is 24.5 Å². The lowest BCUT2D eigenvalue weighted by Gasteiger charge is -2.51. The quantitative estimate of drug-likeness (QED) is 0.645. The number of hydrogen-bond acceptors (Lipinski definition) is 5. The molecule has 2 aromatic heterocycles. The van der Waals surface area contributed by atoms with Gasteiger partial charge in [0, 0.05) is 37.4 Å². The highest BCUT2D eigenvalue weighted by molar-refractivity contribution is 6.30. The van der Waals surface area contributed by atoms with Crippen molar-refractivity contribution in [3.05, 3.63) is 29.2 Å². The Hall–Kier alpha value is -2.08. The Morgan fingerprint density at radius 2 is 1.90 bits per heavy atom. The maximum absolute atomic E-state index is 12.5. The van der Waals surface area contributed by atoms with Gasteiger partial charge in [0.15, 0.2) is 0 Å². The number of amides is 1. The van der Waals surface area contributed by atoms with Crippen molar-refractivity contribution in [3.63, 3.8) is 0 Å². The van der Waals surface area contributed by atoms with Gasteiger partial charge < -0.3 is 14.5 Å². The number of rotatable bonds is 2. The number of carbonyl (C=O) groups is 1. The van der Waals surface area contributed by atoms with Crippen LogP contribution in [0.5, 0.6) is 0 Å². The molecule has 0 bridgehead atoms. The maximum atomic E-state index is 12.5. The van der Waals surface area contributed by atoms with Crippen LogP contribution in [0.15, 0.2) is 18.5 Å². The lowest BCUT2D eigenvalue weighted by atomic mass is 9.83. The van der Waals surface area contributed by atoms with Crippen molar-refractivity contribution < 1.29 is 9.53 Å². The average molecular weight is 417 g/mol. The van der Waals surface area contributed by atoms with E-state index in [9.17, 15) is 4.79 Å². The Labute approximate surface area is 177 Å². The molecule has 0 N–H and O–H groups in total. The largest absolute Gasteiger partial charge is 0.444 e. The lowest BCUT2D eigenvalue weighted by molar-refractivity contribution is 0.0277. The second-order valence-electron chi connectivity index (χ2n) is 9.52. The molecule has 1 amide bonds. The van der Waals surface area contributed by atoms with Gasteiger partial charge >= 0.3 is 6.09 Å². The Balaban J connectivity index is 1.64. The molecule has 2 saturated heterocycles. The van der Waals surface area contributed by atoms with Crippen LogP contribution in [-0.2, 0) is 4.74 Å². The smallest absolute Gasteiger partial charge is 0.410 e. The van der Waals surface area contributed by atoms with Gasteiger partial charge in [0.05, 0.1) is 5.54 Å². The van der Waals surface area contributed by atoms with Gasteiger partial charge in [-0.1, -0.05) is 25.4 Å². The fourth-order valence-corrected chi connectivity index (χ4v) is 4.58. The van der Waals surface area contributed by atoms with E-state index in [4.69, 9.17) is 21.3 Å². The standard InChI is InChI=1S/C22H29ClN4O2/c1-14(2)16-11-25-19(17-12-24-18(23)10-15(16)17)27-9-7-22(27)6-8-26(13-22)20(28)29-21(3,4)5/h10-12,14H,6-9,13H2,1-5H3. The molecule has 29 heavy (non-hydrogen) atoms. The summed E-state index contributed by atoms with van der Waals surface area (Å²) in [6.07, 6.45) is 5.52. The number of fused-ring (bicyclic) bond motifs is 1. The molecule has 0 saturated carbocycles. The first-order valence-electron chi connectivity index (χ1n) is 10.3. The van der Waals surface area contributed by atoms with Crippen molar-refractivity contribution in [1.29, 1.82) is 0 Å². The fraction of sp³-hybridized carbons (Fsp3) is 0.591. The molecule has 156 valence electrons. The van der Waals surface area contributed by atoms with Crippen LogP contribution in [0.1, 0.15) is 58.9 Å². The van der Waals surface area contributed by atoms with E-state index in [-0.39, 0.29) is 11.6 Å². The van der Waals surface area contributed by atoms with E-state index in [0.717, 1.165) is 36.0 Å². The third-order valence-corrected chi connectivity index (χ3v) is 6.19. The van der Waals surface area contributed by atoms with Crippen molar-refractivity contribution in [1.82, 2.24) is 14.9 Å². The number of hydrogen-bond donors (Lipinski definition) is 0. The first kappa shape index (κ1) is 20.2. The van der Waals surface area contributed by atoms with E-state index < -0.39 is 5.60 Å². The van der Waals surface area contributed by atoms with E-state index >= 15 is 0 Å². The van der Waals surface area contributed by atoms with Gasteiger partial charge in [-0.15, -0.1) is 0 Å². The van der Waals surface area contributed by atoms with Crippen molar-refractivity contribution in [2.24, 2.45) is 0 Å². The number of halogens is 1. The molecule has 2 aromatic rings. The lowest BCUT2D eigenvalue weighted by Crippen LogP contribution is -2.62. The zero-order chi connectivity index (χ0) is 21.0. The van der Waals surface area contributed by atoms with Crippen molar-refractivity contribution in [2.45, 2.75) is 64.5 Å².